The third-order valence-electron chi connectivity index (χ3n) is 13.3. The van der Waals surface area contributed by atoms with E-state index >= 15 is 0 Å². The fourth-order valence-electron chi connectivity index (χ4n) is 8.67. The number of hydrogen-bond acceptors (Lipinski definition) is 8. The highest BCUT2D eigenvalue weighted by atomic mass is 35.5. The van der Waals surface area contributed by atoms with Crippen LogP contribution in [0.2, 0.25) is 20.1 Å². The van der Waals surface area contributed by atoms with Crippen molar-refractivity contribution in [2.45, 2.75) is 64.7 Å². The van der Waals surface area contributed by atoms with E-state index in [1.807, 2.05) is 142 Å². The topological polar surface area (TPSA) is 86.3 Å². The Kier molecular flexibility index (Phi) is 27.2. The maximum absolute atomic E-state index is 12.1. The normalized spacial score (nSPS) is 10.9. The third-order valence-corrected chi connectivity index (χ3v) is 14.3. The number of ether oxygens (including phenoxy) is 4. The Morgan fingerprint density at radius 1 is 0.432 bits per heavy atom. The molecule has 0 aliphatic rings. The molecule has 8 aromatic rings. The molecule has 0 atom stereocenters. The van der Waals surface area contributed by atoms with E-state index in [0.29, 0.717) is 28.9 Å². The van der Waals surface area contributed by atoms with Gasteiger partial charge in [0, 0.05) is 45.0 Å². The number of Topliss-reactive ketones (excluding diaryl/α,β-unsaturated/α-hetero) is 2. The molecule has 8 aromatic carbocycles. The van der Waals surface area contributed by atoms with Crippen LogP contribution in [0.5, 0.6) is 23.0 Å². The molecule has 12 heteroatoms. The molecule has 8 nitrogen and oxygen atoms in total. The first-order valence-electron chi connectivity index (χ1n) is 27.4. The number of carbonyl (C=O) groups excluding carboxylic acids is 2. The van der Waals surface area contributed by atoms with Crippen LogP contribution in [-0.4, -0.2) is 76.6 Å². The fourth-order valence-corrected chi connectivity index (χ4v) is 9.17. The molecule has 0 aliphatic heterocycles. The zero-order chi connectivity index (χ0) is 57.8. The summed E-state index contributed by atoms with van der Waals surface area (Å²) >= 11 is 24.1. The molecule has 0 aromatic heterocycles. The highest BCUT2D eigenvalue weighted by molar-refractivity contribution is 6.31. The van der Waals surface area contributed by atoms with Crippen LogP contribution in [0, 0.1) is 13.8 Å². The summed E-state index contributed by atoms with van der Waals surface area (Å²) in [5.41, 5.74) is 9.80. The number of halogens is 4. The van der Waals surface area contributed by atoms with E-state index in [1.54, 1.807) is 0 Å². The Hall–Kier alpha value is -6.62. The molecular weight excluding hydrogens is 1090 g/mol. The monoisotopic (exact) mass is 1170 g/mol. The lowest BCUT2D eigenvalue weighted by Crippen LogP contribution is -2.26. The number of likely N-dealkylation sites (N-methyl/N-ethyl adjacent to an activating group) is 2. The van der Waals surface area contributed by atoms with Gasteiger partial charge in [-0.15, -0.1) is 0 Å². The van der Waals surface area contributed by atoms with Gasteiger partial charge in [0.05, 0.1) is 0 Å². The van der Waals surface area contributed by atoms with Crippen molar-refractivity contribution in [2.75, 3.05) is 60.2 Å². The van der Waals surface area contributed by atoms with Crippen LogP contribution in [0.15, 0.2) is 194 Å². The number of aryl methyl sites for hydroxylation is 4. The van der Waals surface area contributed by atoms with Gasteiger partial charge >= 0.3 is 0 Å². The fraction of sp³-hybridized carbons (Fsp3) is 0.275. The minimum atomic E-state index is -0.108. The lowest BCUT2D eigenvalue weighted by Gasteiger charge is -2.25. The molecule has 0 spiro atoms. The number of nitrogens with one attached hydrogen (secondary N) is 1. The largest absolute Gasteiger partial charge is 0.486 e. The van der Waals surface area contributed by atoms with Crippen LogP contribution in [0.4, 0.5) is 0 Å². The van der Waals surface area contributed by atoms with Crippen LogP contribution in [0.25, 0.3) is 0 Å². The number of rotatable bonds is 27. The second-order valence-corrected chi connectivity index (χ2v) is 21.7. The van der Waals surface area contributed by atoms with Crippen molar-refractivity contribution >= 4 is 58.0 Å². The summed E-state index contributed by atoms with van der Waals surface area (Å²) in [6, 6.07) is 63.3. The van der Waals surface area contributed by atoms with Crippen molar-refractivity contribution in [1.29, 1.82) is 0 Å². The molecule has 0 saturated heterocycles. The number of hydrogen-bond donors (Lipinski definition) is 1. The number of carbonyl (C=O) groups is 2. The van der Waals surface area contributed by atoms with E-state index in [4.69, 9.17) is 65.4 Å². The maximum atomic E-state index is 12.1. The molecule has 81 heavy (non-hydrogen) atoms. The van der Waals surface area contributed by atoms with Crippen molar-refractivity contribution in [2.24, 2.45) is 0 Å². The van der Waals surface area contributed by atoms with Crippen LogP contribution in [0.3, 0.4) is 0 Å². The molecule has 0 unspecified atom stereocenters. The predicted molar refractivity (Wildman–Crippen MR) is 335 cm³/mol. The first-order chi connectivity index (χ1) is 39.2. The first kappa shape index (κ1) is 63.6. The molecule has 0 radical (unpaired) electrons. The zero-order valence-electron chi connectivity index (χ0n) is 47.0. The summed E-state index contributed by atoms with van der Waals surface area (Å²) in [5.74, 6) is 3.12. The van der Waals surface area contributed by atoms with Gasteiger partial charge in [0.25, 0.3) is 0 Å². The van der Waals surface area contributed by atoms with Gasteiger partial charge in [-0.25, -0.2) is 0 Å². The standard InChI is InChI=1S/C34H35Cl2NO3.C20H24O3.C15H15Cl2N/c1-25-5-17-32(18-6-25)39-23-31(38)24-40-33-19-7-26(8-20-33)4-3-21-37(2)22-34(27-9-13-29(35)14-10-27)28-11-15-30(36)16-12-28;1-3-4-5-17-8-12-20(13-9-17)23-15-18(21)14-22-19-10-6-16(2)7-11-19;1-18-10-15(11-2-6-13(16)7-3-11)12-4-8-14(17)9-5-12/h5-20,34H,3-4,21-24H2,1-2H3;6-13H,3-5,14-15H2,1-2H3;2-9,15,18H,10H2,1H3. The summed E-state index contributed by atoms with van der Waals surface area (Å²) in [4.78, 5) is 26.3. The molecule has 0 fully saturated rings. The van der Waals surface area contributed by atoms with Crippen molar-refractivity contribution in [3.05, 3.63) is 259 Å². The molecule has 8 rings (SSSR count). The quantitative estimate of drug-likeness (QED) is 0.0545. The molecule has 0 aliphatic carbocycles. The Morgan fingerprint density at radius 3 is 1.04 bits per heavy atom. The molecular formula is C69H74Cl4N2O6. The van der Waals surface area contributed by atoms with Crippen molar-refractivity contribution < 1.29 is 28.5 Å². The van der Waals surface area contributed by atoms with Gasteiger partial charge in [-0.2, -0.15) is 0 Å². The number of unbranched alkanes of at least 4 members (excludes halogenated alkanes) is 1. The van der Waals surface area contributed by atoms with Crippen LogP contribution in [0.1, 0.15) is 82.5 Å². The van der Waals surface area contributed by atoms with Gasteiger partial charge in [0.1, 0.15) is 49.4 Å². The minimum absolute atomic E-state index is 0.00838. The van der Waals surface area contributed by atoms with E-state index in [0.717, 1.165) is 70.1 Å². The van der Waals surface area contributed by atoms with Crippen molar-refractivity contribution in [3.63, 3.8) is 0 Å². The average molecular weight is 1170 g/mol. The highest BCUT2D eigenvalue weighted by Crippen LogP contribution is 2.29. The Bertz CT molecular complexity index is 2980. The van der Waals surface area contributed by atoms with Gasteiger partial charge in [0.2, 0.25) is 11.6 Å². The van der Waals surface area contributed by atoms with Crippen LogP contribution >= 0.6 is 46.4 Å². The molecule has 424 valence electrons. The van der Waals surface area contributed by atoms with E-state index in [9.17, 15) is 9.59 Å². The van der Waals surface area contributed by atoms with Gasteiger partial charge < -0.3 is 29.2 Å². The van der Waals surface area contributed by atoms with Crippen LogP contribution in [-0.2, 0) is 22.4 Å². The second kappa shape index (κ2) is 34.6. The molecule has 0 heterocycles. The molecule has 0 bridgehead atoms. The predicted octanol–water partition coefficient (Wildman–Crippen LogP) is 16.7. The average Bonchev–Trinajstić information content (AvgIpc) is 3.49. The van der Waals surface area contributed by atoms with Gasteiger partial charge in [0.15, 0.2) is 0 Å². The Morgan fingerprint density at radius 2 is 0.728 bits per heavy atom. The summed E-state index contributed by atoms with van der Waals surface area (Å²) in [7, 11) is 4.12. The SMILES string of the molecule is CCCCc1ccc(OCC(=O)COc2ccc(C)cc2)cc1.CNCC(c1ccc(Cl)cc1)c1ccc(Cl)cc1.Cc1ccc(OCC(=O)COc2ccc(CCCN(C)CC(c3ccc(Cl)cc3)c3ccc(Cl)cc3)cc2)cc1. The van der Waals surface area contributed by atoms with Gasteiger partial charge in [-0.05, 0) is 191 Å². The third kappa shape index (κ3) is 23.4. The maximum Gasteiger partial charge on any atom is 0.207 e. The summed E-state index contributed by atoms with van der Waals surface area (Å²) in [6.07, 6.45) is 5.45. The Balaban J connectivity index is 0.000000217. The van der Waals surface area contributed by atoms with Gasteiger partial charge in [-0.3, -0.25) is 9.59 Å². The van der Waals surface area contributed by atoms with Crippen LogP contribution < -0.4 is 24.3 Å². The smallest absolute Gasteiger partial charge is 0.207 e. The highest BCUT2D eigenvalue weighted by Gasteiger charge is 2.18. The number of benzene rings is 8. The summed E-state index contributed by atoms with van der Waals surface area (Å²) < 4.78 is 22.1. The Labute approximate surface area is 500 Å². The molecule has 0 amide bonds. The number of nitrogens with zero attached hydrogens (tertiary/aromatic N) is 1. The van der Waals surface area contributed by atoms with E-state index in [-0.39, 0.29) is 43.9 Å². The first-order valence-corrected chi connectivity index (χ1v) is 29.0. The molecule has 1 N–H and O–H groups in total. The van der Waals surface area contributed by atoms with E-state index in [2.05, 4.69) is 97.0 Å². The molecule has 0 saturated carbocycles. The van der Waals surface area contributed by atoms with Crippen molar-refractivity contribution in [1.82, 2.24) is 10.2 Å². The van der Waals surface area contributed by atoms with E-state index in [1.165, 1.54) is 46.2 Å². The second-order valence-electron chi connectivity index (χ2n) is 20.0. The van der Waals surface area contributed by atoms with Gasteiger partial charge in [-0.1, -0.05) is 168 Å². The lowest BCUT2D eigenvalue weighted by atomic mass is 9.91. The summed E-state index contributed by atoms with van der Waals surface area (Å²) in [6.45, 7) is 8.96. The zero-order valence-corrected chi connectivity index (χ0v) is 50.0. The van der Waals surface area contributed by atoms with Crippen molar-refractivity contribution in [3.8, 4) is 23.0 Å². The lowest BCUT2D eigenvalue weighted by molar-refractivity contribution is -0.123. The number of ketones is 2. The van der Waals surface area contributed by atoms with E-state index < -0.39 is 0 Å². The summed E-state index contributed by atoms with van der Waals surface area (Å²) in [5, 5.41) is 6.23. The minimum Gasteiger partial charge on any atom is -0.486 e.